The summed E-state index contributed by atoms with van der Waals surface area (Å²) in [5.41, 5.74) is 0.936. The Morgan fingerprint density at radius 2 is 1.95 bits per heavy atom. The van der Waals surface area contributed by atoms with Crippen LogP contribution in [-0.2, 0) is 0 Å². The van der Waals surface area contributed by atoms with E-state index in [1.54, 1.807) is 13.2 Å². The highest BCUT2D eigenvalue weighted by Gasteiger charge is 2.23. The zero-order valence-corrected chi connectivity index (χ0v) is 12.1. The molecule has 1 aromatic rings. The van der Waals surface area contributed by atoms with E-state index in [0.717, 1.165) is 11.5 Å². The van der Waals surface area contributed by atoms with Gasteiger partial charge in [-0.05, 0) is 38.7 Å². The molecular formula is C16H25NO2. The maximum absolute atomic E-state index is 10.1. The van der Waals surface area contributed by atoms with Gasteiger partial charge in [0.25, 0.3) is 0 Å². The van der Waals surface area contributed by atoms with Crippen LogP contribution in [0.4, 0.5) is 0 Å². The molecule has 19 heavy (non-hydrogen) atoms. The lowest BCUT2D eigenvalue weighted by atomic mass is 9.97. The second-order valence-corrected chi connectivity index (χ2v) is 5.65. The second kappa shape index (κ2) is 6.29. The van der Waals surface area contributed by atoms with Gasteiger partial charge in [-0.3, -0.25) is 0 Å². The molecule has 2 N–H and O–H groups in total. The van der Waals surface area contributed by atoms with Crippen molar-refractivity contribution in [3.63, 3.8) is 0 Å². The summed E-state index contributed by atoms with van der Waals surface area (Å²) in [5.74, 6) is 1.78. The maximum atomic E-state index is 10.1. The fraction of sp³-hybridized carbons (Fsp3) is 0.625. The van der Waals surface area contributed by atoms with Gasteiger partial charge in [-0.2, -0.15) is 0 Å². The summed E-state index contributed by atoms with van der Waals surface area (Å²) in [4.78, 5) is 0. The van der Waals surface area contributed by atoms with Crippen LogP contribution < -0.4 is 10.1 Å². The normalized spacial score (nSPS) is 19.3. The van der Waals surface area contributed by atoms with Crippen LogP contribution in [0.1, 0.15) is 51.1 Å². The molecule has 2 atom stereocenters. The molecule has 0 spiro atoms. The number of nitrogens with one attached hydrogen (secondary N) is 1. The predicted molar refractivity (Wildman–Crippen MR) is 77.6 cm³/mol. The summed E-state index contributed by atoms with van der Waals surface area (Å²) >= 11 is 0. The number of hydrogen-bond donors (Lipinski definition) is 2. The first-order valence-electron chi connectivity index (χ1n) is 7.24. The molecule has 0 saturated heterocycles. The van der Waals surface area contributed by atoms with E-state index >= 15 is 0 Å². The Hall–Kier alpha value is -1.22. The fourth-order valence-electron chi connectivity index (χ4n) is 3.09. The van der Waals surface area contributed by atoms with Crippen molar-refractivity contribution in [2.75, 3.05) is 7.11 Å². The predicted octanol–water partition coefficient (Wildman–Crippen LogP) is 3.63. The Kier molecular flexibility index (Phi) is 4.70. The molecule has 0 aromatic heterocycles. The van der Waals surface area contributed by atoms with Crippen molar-refractivity contribution in [3.05, 3.63) is 23.8 Å². The van der Waals surface area contributed by atoms with E-state index in [4.69, 9.17) is 4.74 Å². The van der Waals surface area contributed by atoms with Crippen molar-refractivity contribution in [2.45, 2.75) is 51.6 Å². The van der Waals surface area contributed by atoms with Crippen molar-refractivity contribution in [1.82, 2.24) is 5.32 Å². The van der Waals surface area contributed by atoms with Gasteiger partial charge in [0.15, 0.2) is 0 Å². The molecule has 0 radical (unpaired) electrons. The van der Waals surface area contributed by atoms with E-state index in [1.807, 2.05) is 12.1 Å². The topological polar surface area (TPSA) is 41.5 Å². The molecular weight excluding hydrogens is 238 g/mol. The molecule has 1 aromatic carbocycles. The van der Waals surface area contributed by atoms with E-state index < -0.39 is 0 Å². The molecule has 0 heterocycles. The van der Waals surface area contributed by atoms with Gasteiger partial charge >= 0.3 is 0 Å². The Morgan fingerprint density at radius 1 is 1.26 bits per heavy atom. The van der Waals surface area contributed by atoms with Gasteiger partial charge in [-0.1, -0.05) is 18.9 Å². The molecule has 2 rings (SSSR count). The Morgan fingerprint density at radius 3 is 2.53 bits per heavy atom. The minimum absolute atomic E-state index is 0.154. The molecule has 0 amide bonds. The lowest BCUT2D eigenvalue weighted by Gasteiger charge is -2.25. The third-order valence-corrected chi connectivity index (χ3v) is 4.32. The van der Waals surface area contributed by atoms with E-state index in [9.17, 15) is 5.11 Å². The molecule has 0 bridgehead atoms. The molecule has 1 fully saturated rings. The first-order chi connectivity index (χ1) is 9.11. The van der Waals surface area contributed by atoms with Crippen LogP contribution in [0, 0.1) is 5.92 Å². The number of aromatic hydroxyl groups is 1. The van der Waals surface area contributed by atoms with Gasteiger partial charge in [0.05, 0.1) is 7.11 Å². The van der Waals surface area contributed by atoms with E-state index in [0.29, 0.717) is 17.5 Å². The molecule has 1 aliphatic carbocycles. The average Bonchev–Trinajstić information content (AvgIpc) is 2.92. The van der Waals surface area contributed by atoms with Gasteiger partial charge in [0.1, 0.15) is 11.5 Å². The van der Waals surface area contributed by atoms with Crippen LogP contribution in [0.3, 0.4) is 0 Å². The minimum atomic E-state index is 0.154. The Labute approximate surface area is 116 Å². The highest BCUT2D eigenvalue weighted by molar-refractivity contribution is 5.41. The summed E-state index contributed by atoms with van der Waals surface area (Å²) in [6.45, 7) is 4.36. The number of ether oxygens (including phenoxy) is 1. The number of phenolic OH excluding ortho intramolecular Hbond substituents is 1. The zero-order chi connectivity index (χ0) is 13.8. The molecule has 3 heteroatoms. The van der Waals surface area contributed by atoms with E-state index in [2.05, 4.69) is 19.2 Å². The van der Waals surface area contributed by atoms with Crippen LogP contribution in [0.5, 0.6) is 11.5 Å². The van der Waals surface area contributed by atoms with Gasteiger partial charge in [-0.15, -0.1) is 0 Å². The smallest absolute Gasteiger partial charge is 0.124 e. The largest absolute Gasteiger partial charge is 0.507 e. The highest BCUT2D eigenvalue weighted by Crippen LogP contribution is 2.31. The van der Waals surface area contributed by atoms with E-state index in [1.165, 1.54) is 25.7 Å². The molecule has 1 unspecified atom stereocenters. The lowest BCUT2D eigenvalue weighted by Crippen LogP contribution is -2.34. The number of rotatable bonds is 5. The van der Waals surface area contributed by atoms with Crippen molar-refractivity contribution >= 4 is 0 Å². The first kappa shape index (κ1) is 14.2. The van der Waals surface area contributed by atoms with Crippen molar-refractivity contribution in [2.24, 2.45) is 5.92 Å². The molecule has 106 valence electrons. The SMILES string of the molecule is COc1ccc(C(C)N[C@H](C)C2CCCC2)c(O)c1. The molecule has 1 aliphatic rings. The van der Waals surface area contributed by atoms with Crippen LogP contribution in [-0.4, -0.2) is 18.3 Å². The van der Waals surface area contributed by atoms with Crippen molar-refractivity contribution < 1.29 is 9.84 Å². The number of hydrogen-bond acceptors (Lipinski definition) is 3. The number of phenols is 1. The van der Waals surface area contributed by atoms with Crippen LogP contribution in [0.15, 0.2) is 18.2 Å². The monoisotopic (exact) mass is 263 g/mol. The van der Waals surface area contributed by atoms with Gasteiger partial charge in [0.2, 0.25) is 0 Å². The van der Waals surface area contributed by atoms with Crippen LogP contribution in [0.2, 0.25) is 0 Å². The van der Waals surface area contributed by atoms with Gasteiger partial charge in [-0.25, -0.2) is 0 Å². The van der Waals surface area contributed by atoms with Crippen molar-refractivity contribution in [1.29, 1.82) is 0 Å². The average molecular weight is 263 g/mol. The summed E-state index contributed by atoms with van der Waals surface area (Å²) < 4.78 is 5.11. The minimum Gasteiger partial charge on any atom is -0.507 e. The summed E-state index contributed by atoms with van der Waals surface area (Å²) in [6.07, 6.45) is 5.38. The van der Waals surface area contributed by atoms with Crippen molar-refractivity contribution in [3.8, 4) is 11.5 Å². The van der Waals surface area contributed by atoms with Crippen LogP contribution >= 0.6 is 0 Å². The molecule has 0 aliphatic heterocycles. The zero-order valence-electron chi connectivity index (χ0n) is 12.1. The summed E-state index contributed by atoms with van der Waals surface area (Å²) in [6, 6.07) is 6.16. The lowest BCUT2D eigenvalue weighted by molar-refractivity contribution is 0.346. The van der Waals surface area contributed by atoms with Gasteiger partial charge < -0.3 is 15.2 Å². The Balaban J connectivity index is 2.00. The fourth-order valence-corrected chi connectivity index (χ4v) is 3.09. The Bertz CT molecular complexity index is 413. The third kappa shape index (κ3) is 3.41. The van der Waals surface area contributed by atoms with Gasteiger partial charge in [0, 0.05) is 23.7 Å². The van der Waals surface area contributed by atoms with Crippen LogP contribution in [0.25, 0.3) is 0 Å². The summed E-state index contributed by atoms with van der Waals surface area (Å²) in [5, 5.41) is 13.7. The number of benzene rings is 1. The van der Waals surface area contributed by atoms with E-state index in [-0.39, 0.29) is 6.04 Å². The third-order valence-electron chi connectivity index (χ3n) is 4.32. The summed E-state index contributed by atoms with van der Waals surface area (Å²) in [7, 11) is 1.61. The number of methoxy groups -OCH3 is 1. The quantitative estimate of drug-likeness (QED) is 0.852. The molecule has 1 saturated carbocycles. The molecule has 3 nitrogen and oxygen atoms in total. The first-order valence-corrected chi connectivity index (χ1v) is 7.24. The second-order valence-electron chi connectivity index (χ2n) is 5.65. The standard InChI is InChI=1S/C16H25NO2/c1-11(13-6-4-5-7-13)17-12(2)15-9-8-14(19-3)10-16(15)18/h8-13,17-18H,4-7H2,1-3H3/t11-,12?/m1/s1. The maximum Gasteiger partial charge on any atom is 0.124 e. The highest BCUT2D eigenvalue weighted by atomic mass is 16.5.